The minimum atomic E-state index is -0.0731. The zero-order valence-corrected chi connectivity index (χ0v) is 13.1. The number of imidazole rings is 2. The van der Waals surface area contributed by atoms with Crippen molar-refractivity contribution >= 4 is 5.82 Å². The lowest BCUT2D eigenvalue weighted by Crippen LogP contribution is -2.25. The zero-order valence-electron chi connectivity index (χ0n) is 13.1. The number of hydrogen-bond donors (Lipinski definition) is 1. The van der Waals surface area contributed by atoms with Gasteiger partial charge in [-0.3, -0.25) is 0 Å². The van der Waals surface area contributed by atoms with Crippen molar-refractivity contribution < 1.29 is 0 Å². The van der Waals surface area contributed by atoms with Gasteiger partial charge in [0.05, 0.1) is 18.2 Å². The molecule has 0 aromatic carbocycles. The van der Waals surface area contributed by atoms with Gasteiger partial charge in [-0.2, -0.15) is 0 Å². The maximum Gasteiger partial charge on any atom is 0.133 e. The molecule has 2 rings (SSSR count). The van der Waals surface area contributed by atoms with Crippen LogP contribution in [0.25, 0.3) is 11.4 Å². The minimum absolute atomic E-state index is 0.0731. The first kappa shape index (κ1) is 14.6. The van der Waals surface area contributed by atoms with Crippen molar-refractivity contribution in [2.75, 3.05) is 5.73 Å². The quantitative estimate of drug-likeness (QED) is 0.932. The number of nitrogens with two attached hydrogens (primary N) is 1. The Balaban J connectivity index is 2.58. The molecule has 0 saturated carbocycles. The number of aromatic nitrogens is 4. The lowest BCUT2D eigenvalue weighted by atomic mass is 10.1. The molecule has 5 nitrogen and oxygen atoms in total. The molecular formula is C15H25N5. The molecule has 20 heavy (non-hydrogen) atoms. The summed E-state index contributed by atoms with van der Waals surface area (Å²) < 4.78 is 4.25. The molecular weight excluding hydrogens is 250 g/mol. The third-order valence-corrected chi connectivity index (χ3v) is 3.39. The Morgan fingerprint density at radius 3 is 2.45 bits per heavy atom. The number of nitrogen functional groups attached to an aromatic ring is 1. The van der Waals surface area contributed by atoms with Crippen LogP contribution in [0.2, 0.25) is 0 Å². The van der Waals surface area contributed by atoms with Gasteiger partial charge in [0.15, 0.2) is 0 Å². The van der Waals surface area contributed by atoms with E-state index in [-0.39, 0.29) is 5.54 Å². The van der Waals surface area contributed by atoms with Crippen molar-refractivity contribution in [3.05, 3.63) is 18.3 Å². The summed E-state index contributed by atoms with van der Waals surface area (Å²) in [6.45, 7) is 11.6. The SMILES string of the molecule is CCCn1cncc1-c1nc(CC)n(C(C)(C)C)c1N. The van der Waals surface area contributed by atoms with Crippen LogP contribution in [0.1, 0.15) is 46.9 Å². The predicted octanol–water partition coefficient (Wildman–Crippen LogP) is 3.06. The monoisotopic (exact) mass is 275 g/mol. The highest BCUT2D eigenvalue weighted by Crippen LogP contribution is 2.31. The Kier molecular flexibility index (Phi) is 3.88. The van der Waals surface area contributed by atoms with E-state index in [0.29, 0.717) is 0 Å². The van der Waals surface area contributed by atoms with Crippen molar-refractivity contribution in [2.24, 2.45) is 0 Å². The second-order valence-electron chi connectivity index (χ2n) is 6.09. The van der Waals surface area contributed by atoms with Gasteiger partial charge in [0.2, 0.25) is 0 Å². The van der Waals surface area contributed by atoms with Crippen LogP contribution in [-0.4, -0.2) is 19.1 Å². The van der Waals surface area contributed by atoms with Crippen LogP contribution in [0.15, 0.2) is 12.5 Å². The van der Waals surface area contributed by atoms with Gasteiger partial charge >= 0.3 is 0 Å². The average Bonchev–Trinajstić information content (AvgIpc) is 2.92. The molecule has 0 aliphatic carbocycles. The maximum atomic E-state index is 6.38. The van der Waals surface area contributed by atoms with Crippen molar-refractivity contribution in [3.8, 4) is 11.4 Å². The average molecular weight is 275 g/mol. The summed E-state index contributed by atoms with van der Waals surface area (Å²) in [5, 5.41) is 0. The molecule has 0 radical (unpaired) electrons. The molecule has 0 amide bonds. The van der Waals surface area contributed by atoms with E-state index in [0.717, 1.165) is 42.4 Å². The molecule has 0 saturated heterocycles. The van der Waals surface area contributed by atoms with Gasteiger partial charge in [0, 0.05) is 18.5 Å². The van der Waals surface area contributed by atoms with Crippen LogP contribution in [0.4, 0.5) is 5.82 Å². The highest BCUT2D eigenvalue weighted by Gasteiger charge is 2.24. The minimum Gasteiger partial charge on any atom is -0.383 e. The first-order chi connectivity index (χ1) is 9.40. The fraction of sp³-hybridized carbons (Fsp3) is 0.600. The van der Waals surface area contributed by atoms with E-state index < -0.39 is 0 Å². The highest BCUT2D eigenvalue weighted by molar-refractivity contribution is 5.68. The zero-order chi connectivity index (χ0) is 14.9. The summed E-state index contributed by atoms with van der Waals surface area (Å²) in [6, 6.07) is 0. The summed E-state index contributed by atoms with van der Waals surface area (Å²) in [6.07, 6.45) is 5.62. The van der Waals surface area contributed by atoms with Gasteiger partial charge < -0.3 is 14.9 Å². The third kappa shape index (κ3) is 2.44. The van der Waals surface area contributed by atoms with E-state index in [9.17, 15) is 0 Å². The molecule has 5 heteroatoms. The van der Waals surface area contributed by atoms with Gasteiger partial charge in [0.1, 0.15) is 17.3 Å². The van der Waals surface area contributed by atoms with Crippen LogP contribution < -0.4 is 5.73 Å². The highest BCUT2D eigenvalue weighted by atomic mass is 15.2. The van der Waals surface area contributed by atoms with Crippen molar-refractivity contribution in [2.45, 2.75) is 59.5 Å². The molecule has 2 aromatic rings. The Morgan fingerprint density at radius 1 is 1.25 bits per heavy atom. The van der Waals surface area contributed by atoms with E-state index in [2.05, 4.69) is 48.7 Å². The molecule has 2 N–H and O–H groups in total. The maximum absolute atomic E-state index is 6.38. The summed E-state index contributed by atoms with van der Waals surface area (Å²) in [7, 11) is 0. The smallest absolute Gasteiger partial charge is 0.133 e. The van der Waals surface area contributed by atoms with E-state index >= 15 is 0 Å². The molecule has 2 aromatic heterocycles. The topological polar surface area (TPSA) is 61.7 Å². The largest absolute Gasteiger partial charge is 0.383 e. The third-order valence-electron chi connectivity index (χ3n) is 3.39. The number of anilines is 1. The number of rotatable bonds is 4. The molecule has 0 unspecified atom stereocenters. The summed E-state index contributed by atoms with van der Waals surface area (Å²) in [5.41, 5.74) is 8.16. The lowest BCUT2D eigenvalue weighted by molar-refractivity contribution is 0.389. The summed E-state index contributed by atoms with van der Waals surface area (Å²) >= 11 is 0. The number of hydrogen-bond acceptors (Lipinski definition) is 3. The summed E-state index contributed by atoms with van der Waals surface area (Å²) in [4.78, 5) is 9.00. The second kappa shape index (κ2) is 5.31. The van der Waals surface area contributed by atoms with Crippen molar-refractivity contribution in [1.82, 2.24) is 19.1 Å². The standard InChI is InChI=1S/C15H25N5/c1-6-8-19-10-17-9-11(19)13-14(16)20(15(3,4)5)12(7-2)18-13/h9-10H,6-8,16H2,1-5H3. The Bertz CT molecular complexity index is 586. The molecule has 0 atom stereocenters. The second-order valence-corrected chi connectivity index (χ2v) is 6.09. The fourth-order valence-electron chi connectivity index (χ4n) is 2.59. The molecule has 0 spiro atoms. The molecule has 0 bridgehead atoms. The number of aryl methyl sites for hydroxylation is 2. The van der Waals surface area contributed by atoms with Crippen LogP contribution in [0.3, 0.4) is 0 Å². The first-order valence-corrected chi connectivity index (χ1v) is 7.28. The van der Waals surface area contributed by atoms with Gasteiger partial charge in [-0.25, -0.2) is 9.97 Å². The molecule has 2 heterocycles. The van der Waals surface area contributed by atoms with Gasteiger partial charge in [-0.1, -0.05) is 13.8 Å². The fourth-order valence-corrected chi connectivity index (χ4v) is 2.59. The normalized spacial score (nSPS) is 12.1. The molecule has 110 valence electrons. The Labute approximate surface area is 120 Å². The van der Waals surface area contributed by atoms with Gasteiger partial charge in [-0.05, 0) is 27.2 Å². The van der Waals surface area contributed by atoms with Crippen molar-refractivity contribution in [1.29, 1.82) is 0 Å². The Morgan fingerprint density at radius 2 is 1.95 bits per heavy atom. The van der Waals surface area contributed by atoms with Gasteiger partial charge in [0.25, 0.3) is 0 Å². The van der Waals surface area contributed by atoms with E-state index in [4.69, 9.17) is 10.7 Å². The van der Waals surface area contributed by atoms with Crippen LogP contribution >= 0.6 is 0 Å². The summed E-state index contributed by atoms with van der Waals surface area (Å²) in [5.74, 6) is 1.75. The lowest BCUT2D eigenvalue weighted by Gasteiger charge is -2.24. The molecule has 0 fully saturated rings. The van der Waals surface area contributed by atoms with E-state index in [1.54, 1.807) is 0 Å². The molecule has 0 aliphatic heterocycles. The van der Waals surface area contributed by atoms with Crippen LogP contribution in [-0.2, 0) is 18.5 Å². The van der Waals surface area contributed by atoms with Crippen LogP contribution in [0.5, 0.6) is 0 Å². The Hall–Kier alpha value is -1.78. The number of nitrogens with zero attached hydrogens (tertiary/aromatic N) is 4. The predicted molar refractivity (Wildman–Crippen MR) is 82.5 cm³/mol. The van der Waals surface area contributed by atoms with Crippen molar-refractivity contribution in [3.63, 3.8) is 0 Å². The first-order valence-electron chi connectivity index (χ1n) is 7.28. The van der Waals surface area contributed by atoms with Crippen LogP contribution in [0, 0.1) is 0 Å². The van der Waals surface area contributed by atoms with E-state index in [1.807, 2.05) is 12.5 Å². The molecule has 0 aliphatic rings. The van der Waals surface area contributed by atoms with E-state index in [1.165, 1.54) is 0 Å². The van der Waals surface area contributed by atoms with Gasteiger partial charge in [-0.15, -0.1) is 0 Å².